The zero-order valence-electron chi connectivity index (χ0n) is 16.1. The van der Waals surface area contributed by atoms with Gasteiger partial charge in [-0.05, 0) is 53.4 Å². The largest absolute Gasteiger partial charge is 0.452 e. The van der Waals surface area contributed by atoms with Crippen LogP contribution in [0, 0.1) is 0 Å². The number of amides is 1. The summed E-state index contributed by atoms with van der Waals surface area (Å²) >= 11 is 1.56. The number of esters is 1. The third-order valence-corrected chi connectivity index (χ3v) is 5.54. The van der Waals surface area contributed by atoms with Gasteiger partial charge in [-0.1, -0.05) is 36.4 Å². The van der Waals surface area contributed by atoms with Crippen LogP contribution in [0.3, 0.4) is 0 Å². The first-order valence-corrected chi connectivity index (χ1v) is 10.4. The molecular weight excluding hydrogens is 396 g/mol. The van der Waals surface area contributed by atoms with Crippen LogP contribution in [0.2, 0.25) is 0 Å². The highest BCUT2D eigenvalue weighted by atomic mass is 32.1. The molecule has 0 aliphatic rings. The Kier molecular flexibility index (Phi) is 6.06. The molecule has 5 nitrogen and oxygen atoms in total. The van der Waals surface area contributed by atoms with Crippen LogP contribution in [0.5, 0.6) is 0 Å². The lowest BCUT2D eigenvalue weighted by atomic mass is 10.1. The van der Waals surface area contributed by atoms with Gasteiger partial charge in [0.25, 0.3) is 5.91 Å². The Morgan fingerprint density at radius 3 is 2.30 bits per heavy atom. The Morgan fingerprint density at radius 1 is 0.900 bits per heavy atom. The molecule has 2 aromatic carbocycles. The number of carbonyl (C=O) groups is 2. The minimum atomic E-state index is -0.531. The van der Waals surface area contributed by atoms with Crippen molar-refractivity contribution < 1.29 is 14.3 Å². The number of hydrogen-bond donors (Lipinski definition) is 1. The van der Waals surface area contributed by atoms with Gasteiger partial charge in [-0.25, -0.2) is 4.79 Å². The maximum atomic E-state index is 12.5. The first kappa shape index (κ1) is 19.7. The summed E-state index contributed by atoms with van der Waals surface area (Å²) in [5, 5.41) is 4.93. The molecule has 4 rings (SSSR count). The molecular formula is C24H20N2O3S. The summed E-state index contributed by atoms with van der Waals surface area (Å²) in [5.74, 6) is -0.883. The van der Waals surface area contributed by atoms with E-state index in [1.165, 1.54) is 0 Å². The highest BCUT2D eigenvalue weighted by Gasteiger charge is 2.19. The molecule has 2 aromatic heterocycles. The van der Waals surface area contributed by atoms with Crippen molar-refractivity contribution in [2.24, 2.45) is 0 Å². The van der Waals surface area contributed by atoms with Crippen molar-refractivity contribution in [3.05, 3.63) is 113 Å². The van der Waals surface area contributed by atoms with Gasteiger partial charge in [0.1, 0.15) is 0 Å². The molecule has 1 atom stereocenters. The zero-order valence-corrected chi connectivity index (χ0v) is 16.9. The Hall–Kier alpha value is -3.64. The molecule has 0 unspecified atom stereocenters. The third-order valence-electron chi connectivity index (χ3n) is 4.61. The smallest absolute Gasteiger partial charge is 0.338 e. The number of ether oxygens (including phenoxy) is 1. The van der Waals surface area contributed by atoms with Gasteiger partial charge in [0, 0.05) is 23.0 Å². The van der Waals surface area contributed by atoms with Gasteiger partial charge < -0.3 is 14.6 Å². The fourth-order valence-electron chi connectivity index (χ4n) is 3.11. The topological polar surface area (TPSA) is 60.3 Å². The van der Waals surface area contributed by atoms with E-state index in [4.69, 9.17) is 4.74 Å². The van der Waals surface area contributed by atoms with Crippen molar-refractivity contribution in [1.82, 2.24) is 9.88 Å². The normalized spacial score (nSPS) is 11.6. The molecule has 2 heterocycles. The molecule has 150 valence electrons. The van der Waals surface area contributed by atoms with Crippen molar-refractivity contribution in [3.8, 4) is 5.69 Å². The molecule has 0 spiro atoms. The van der Waals surface area contributed by atoms with Crippen LogP contribution in [0.15, 0.2) is 96.6 Å². The van der Waals surface area contributed by atoms with E-state index < -0.39 is 5.97 Å². The molecule has 30 heavy (non-hydrogen) atoms. The Bertz CT molecular complexity index is 1090. The first-order valence-electron chi connectivity index (χ1n) is 9.49. The van der Waals surface area contributed by atoms with Crippen molar-refractivity contribution >= 4 is 23.2 Å². The number of thiophene rings is 1. The van der Waals surface area contributed by atoms with E-state index in [1.54, 1.807) is 23.5 Å². The van der Waals surface area contributed by atoms with Gasteiger partial charge in [-0.3, -0.25) is 4.79 Å². The van der Waals surface area contributed by atoms with Crippen LogP contribution in [0.4, 0.5) is 0 Å². The van der Waals surface area contributed by atoms with Crippen LogP contribution in [0.25, 0.3) is 5.69 Å². The molecule has 6 heteroatoms. The average molecular weight is 417 g/mol. The molecule has 1 N–H and O–H groups in total. The Balaban J connectivity index is 1.37. The average Bonchev–Trinajstić information content (AvgIpc) is 3.51. The lowest BCUT2D eigenvalue weighted by Gasteiger charge is -2.18. The van der Waals surface area contributed by atoms with Crippen LogP contribution in [0.1, 0.15) is 26.8 Å². The fraction of sp³-hybridized carbons (Fsp3) is 0.0833. The predicted octanol–water partition coefficient (Wildman–Crippen LogP) is 4.60. The maximum Gasteiger partial charge on any atom is 0.338 e. The SMILES string of the molecule is O=C(COC(=O)c1ccc(-n2cccc2)cc1)N[C@@H](c1ccccc1)c1cccs1. The summed E-state index contributed by atoms with van der Waals surface area (Å²) in [6, 6.07) is 24.3. The number of carbonyl (C=O) groups excluding carboxylic acids is 2. The second-order valence-electron chi connectivity index (χ2n) is 6.64. The number of nitrogens with one attached hydrogen (secondary N) is 1. The number of rotatable bonds is 7. The van der Waals surface area contributed by atoms with Gasteiger partial charge >= 0.3 is 5.97 Å². The third kappa shape index (κ3) is 4.67. The molecule has 0 aliphatic heterocycles. The maximum absolute atomic E-state index is 12.5. The monoisotopic (exact) mass is 416 g/mol. The number of nitrogens with zero attached hydrogens (tertiary/aromatic N) is 1. The quantitative estimate of drug-likeness (QED) is 0.448. The highest BCUT2D eigenvalue weighted by molar-refractivity contribution is 7.10. The number of benzene rings is 2. The molecule has 0 saturated heterocycles. The lowest BCUT2D eigenvalue weighted by molar-refractivity contribution is -0.124. The summed E-state index contributed by atoms with van der Waals surface area (Å²) in [6.07, 6.45) is 3.85. The number of aromatic nitrogens is 1. The molecule has 4 aromatic rings. The lowest BCUT2D eigenvalue weighted by Crippen LogP contribution is -2.32. The van der Waals surface area contributed by atoms with Crippen molar-refractivity contribution in [3.63, 3.8) is 0 Å². The minimum absolute atomic E-state index is 0.279. The van der Waals surface area contributed by atoms with Crippen LogP contribution >= 0.6 is 11.3 Å². The van der Waals surface area contributed by atoms with E-state index in [-0.39, 0.29) is 18.6 Å². The van der Waals surface area contributed by atoms with Crippen LogP contribution < -0.4 is 5.32 Å². The molecule has 0 saturated carbocycles. The predicted molar refractivity (Wildman–Crippen MR) is 117 cm³/mol. The zero-order chi connectivity index (χ0) is 20.8. The van der Waals surface area contributed by atoms with Gasteiger partial charge in [0.2, 0.25) is 0 Å². The van der Waals surface area contributed by atoms with E-state index in [0.29, 0.717) is 5.56 Å². The summed E-state index contributed by atoms with van der Waals surface area (Å²) in [7, 11) is 0. The minimum Gasteiger partial charge on any atom is -0.452 e. The molecule has 0 aliphatic carbocycles. The molecule has 0 radical (unpaired) electrons. The van der Waals surface area contributed by atoms with Crippen molar-refractivity contribution in [2.45, 2.75) is 6.04 Å². The highest BCUT2D eigenvalue weighted by Crippen LogP contribution is 2.25. The standard InChI is InChI=1S/C24H20N2O3S/c27-22(25-23(21-9-6-16-30-21)18-7-2-1-3-8-18)17-29-24(28)19-10-12-20(13-11-19)26-14-4-5-15-26/h1-16,23H,17H2,(H,25,27)/t23-/m0/s1. The van der Waals surface area contributed by atoms with Gasteiger partial charge in [0.05, 0.1) is 11.6 Å². The number of hydrogen-bond acceptors (Lipinski definition) is 4. The van der Waals surface area contributed by atoms with E-state index in [1.807, 2.05) is 89.1 Å². The van der Waals surface area contributed by atoms with E-state index in [2.05, 4.69) is 5.32 Å². The van der Waals surface area contributed by atoms with Crippen LogP contribution in [-0.2, 0) is 9.53 Å². The first-order chi connectivity index (χ1) is 14.7. The van der Waals surface area contributed by atoms with Crippen LogP contribution in [-0.4, -0.2) is 23.1 Å². The van der Waals surface area contributed by atoms with Crippen molar-refractivity contribution in [2.75, 3.05) is 6.61 Å². The van der Waals surface area contributed by atoms with E-state index >= 15 is 0 Å². The summed E-state index contributed by atoms with van der Waals surface area (Å²) in [5.41, 5.74) is 2.31. The van der Waals surface area contributed by atoms with Crippen molar-refractivity contribution in [1.29, 1.82) is 0 Å². The van der Waals surface area contributed by atoms with Gasteiger partial charge in [0.15, 0.2) is 6.61 Å². The van der Waals surface area contributed by atoms with E-state index in [0.717, 1.165) is 16.1 Å². The molecule has 1 amide bonds. The fourth-order valence-corrected chi connectivity index (χ4v) is 3.92. The molecule has 0 fully saturated rings. The Labute approximate surface area is 178 Å². The van der Waals surface area contributed by atoms with Gasteiger partial charge in [-0.2, -0.15) is 0 Å². The summed E-state index contributed by atoms with van der Waals surface area (Å²) in [6.45, 7) is -0.340. The summed E-state index contributed by atoms with van der Waals surface area (Å²) < 4.78 is 7.16. The molecule has 0 bridgehead atoms. The summed E-state index contributed by atoms with van der Waals surface area (Å²) in [4.78, 5) is 25.8. The second kappa shape index (κ2) is 9.24. The van der Waals surface area contributed by atoms with Gasteiger partial charge in [-0.15, -0.1) is 11.3 Å². The second-order valence-corrected chi connectivity index (χ2v) is 7.62. The Morgan fingerprint density at radius 2 is 1.63 bits per heavy atom. The van der Waals surface area contributed by atoms with E-state index in [9.17, 15) is 9.59 Å².